The Hall–Kier alpha value is -1.32. The Balaban J connectivity index is 2.24. The average Bonchev–Trinajstić information content (AvgIpc) is 2.65. The molecule has 0 amide bonds. The number of hydrogen-bond acceptors (Lipinski definition) is 2. The molecule has 0 spiro atoms. The second kappa shape index (κ2) is 4.90. The summed E-state index contributed by atoms with van der Waals surface area (Å²) in [6.07, 6.45) is 0.780. The van der Waals surface area contributed by atoms with Crippen LogP contribution >= 0.6 is 11.6 Å². The van der Waals surface area contributed by atoms with Gasteiger partial charge in [-0.25, -0.2) is 4.98 Å². The van der Waals surface area contributed by atoms with Crippen molar-refractivity contribution in [2.45, 2.75) is 26.8 Å². The van der Waals surface area contributed by atoms with Gasteiger partial charge in [0.1, 0.15) is 5.82 Å². The third kappa shape index (κ3) is 2.68. The van der Waals surface area contributed by atoms with Crippen molar-refractivity contribution in [1.29, 1.82) is 0 Å². The predicted molar refractivity (Wildman–Crippen MR) is 70.2 cm³/mol. The van der Waals surface area contributed by atoms with E-state index >= 15 is 0 Å². The van der Waals surface area contributed by atoms with Crippen LogP contribution in [-0.2, 0) is 13.0 Å². The van der Waals surface area contributed by atoms with Crippen LogP contribution in [0.3, 0.4) is 0 Å². The van der Waals surface area contributed by atoms with Crippen molar-refractivity contribution in [3.8, 4) is 0 Å². The molecular weight excluding hydrogens is 234 g/mol. The summed E-state index contributed by atoms with van der Waals surface area (Å²) in [5.41, 5.74) is 9.92. The van der Waals surface area contributed by atoms with Gasteiger partial charge in [0.25, 0.3) is 0 Å². The summed E-state index contributed by atoms with van der Waals surface area (Å²) in [4.78, 5) is 7.62. The highest BCUT2D eigenvalue weighted by Gasteiger charge is 2.07. The number of H-pyrrole nitrogens is 1. The molecule has 0 fully saturated rings. The van der Waals surface area contributed by atoms with E-state index in [0.29, 0.717) is 6.54 Å². The second-order valence-electron chi connectivity index (χ2n) is 4.22. The largest absolute Gasteiger partial charge is 0.345 e. The third-order valence-corrected chi connectivity index (χ3v) is 3.24. The Morgan fingerprint density at radius 1 is 1.35 bits per heavy atom. The Morgan fingerprint density at radius 3 is 2.71 bits per heavy atom. The zero-order valence-corrected chi connectivity index (χ0v) is 10.8. The van der Waals surface area contributed by atoms with Crippen molar-refractivity contribution in [1.82, 2.24) is 9.97 Å². The van der Waals surface area contributed by atoms with E-state index in [1.54, 1.807) is 0 Å². The number of aromatic nitrogens is 2. The molecule has 1 aromatic heterocycles. The van der Waals surface area contributed by atoms with Crippen LogP contribution < -0.4 is 5.73 Å². The van der Waals surface area contributed by atoms with Gasteiger partial charge in [0.15, 0.2) is 0 Å². The topological polar surface area (TPSA) is 54.7 Å². The molecular formula is C13H16ClN3. The van der Waals surface area contributed by atoms with Gasteiger partial charge in [0.05, 0.1) is 12.2 Å². The van der Waals surface area contributed by atoms with E-state index < -0.39 is 0 Å². The van der Waals surface area contributed by atoms with E-state index in [-0.39, 0.29) is 0 Å². The summed E-state index contributed by atoms with van der Waals surface area (Å²) < 4.78 is 0. The monoisotopic (exact) mass is 249 g/mol. The summed E-state index contributed by atoms with van der Waals surface area (Å²) in [6, 6.07) is 6.11. The van der Waals surface area contributed by atoms with Crippen LogP contribution in [0.2, 0.25) is 5.02 Å². The predicted octanol–water partition coefficient (Wildman–Crippen LogP) is 2.73. The lowest BCUT2D eigenvalue weighted by Crippen LogP contribution is -1.98. The number of nitrogens with one attached hydrogen (secondary N) is 1. The van der Waals surface area contributed by atoms with Gasteiger partial charge in [-0.15, -0.1) is 0 Å². The normalized spacial score (nSPS) is 10.8. The molecule has 90 valence electrons. The minimum Gasteiger partial charge on any atom is -0.345 e. The molecule has 2 aromatic rings. The Kier molecular flexibility index (Phi) is 3.50. The number of hydrogen-bond donors (Lipinski definition) is 2. The smallest absolute Gasteiger partial charge is 0.120 e. The summed E-state index contributed by atoms with van der Waals surface area (Å²) in [6.45, 7) is 4.45. The fourth-order valence-electron chi connectivity index (χ4n) is 1.77. The van der Waals surface area contributed by atoms with E-state index in [9.17, 15) is 0 Å². The first kappa shape index (κ1) is 12.1. The number of rotatable bonds is 3. The Morgan fingerprint density at radius 2 is 2.12 bits per heavy atom. The second-order valence-corrected chi connectivity index (χ2v) is 4.63. The molecule has 0 aliphatic rings. The molecule has 0 radical (unpaired) electrons. The molecule has 0 saturated heterocycles. The maximum Gasteiger partial charge on any atom is 0.120 e. The Bertz CT molecular complexity index is 531. The highest BCUT2D eigenvalue weighted by atomic mass is 35.5. The first-order chi connectivity index (χ1) is 8.10. The number of benzene rings is 1. The van der Waals surface area contributed by atoms with Gasteiger partial charge in [-0.1, -0.05) is 23.7 Å². The molecule has 2 rings (SSSR count). The van der Waals surface area contributed by atoms with Crippen LogP contribution in [0.15, 0.2) is 18.2 Å². The van der Waals surface area contributed by atoms with E-state index in [4.69, 9.17) is 17.3 Å². The summed E-state index contributed by atoms with van der Waals surface area (Å²) >= 11 is 6.10. The fraction of sp³-hybridized carbons (Fsp3) is 0.308. The molecule has 0 atom stereocenters. The molecule has 0 aliphatic heterocycles. The quantitative estimate of drug-likeness (QED) is 0.879. The van der Waals surface area contributed by atoms with E-state index in [0.717, 1.165) is 34.2 Å². The van der Waals surface area contributed by atoms with Crippen molar-refractivity contribution in [3.63, 3.8) is 0 Å². The minimum atomic E-state index is 0.440. The van der Waals surface area contributed by atoms with Crippen LogP contribution in [0.5, 0.6) is 0 Å². The number of imidazole rings is 1. The highest BCUT2D eigenvalue weighted by molar-refractivity contribution is 6.31. The van der Waals surface area contributed by atoms with Crippen LogP contribution in [0.25, 0.3) is 0 Å². The standard InChI is InChI=1S/C13H16ClN3/c1-8-3-4-10(5-11(8)14)6-12-9(2)16-13(7-15)17-12/h3-5H,6-7,15H2,1-2H3,(H,16,17). The zero-order chi connectivity index (χ0) is 12.4. The molecule has 1 aromatic carbocycles. The lowest BCUT2D eigenvalue weighted by molar-refractivity contribution is 0.935. The number of halogens is 1. The summed E-state index contributed by atoms with van der Waals surface area (Å²) in [5, 5.41) is 0.801. The lowest BCUT2D eigenvalue weighted by Gasteiger charge is -2.03. The Labute approximate surface area is 106 Å². The maximum absolute atomic E-state index is 6.10. The highest BCUT2D eigenvalue weighted by Crippen LogP contribution is 2.19. The first-order valence-electron chi connectivity index (χ1n) is 5.59. The van der Waals surface area contributed by atoms with E-state index in [1.165, 1.54) is 5.56 Å². The van der Waals surface area contributed by atoms with Crippen molar-refractivity contribution in [2.75, 3.05) is 0 Å². The fourth-order valence-corrected chi connectivity index (χ4v) is 1.97. The molecule has 3 nitrogen and oxygen atoms in total. The van der Waals surface area contributed by atoms with Gasteiger partial charge in [-0.05, 0) is 31.0 Å². The molecule has 4 heteroatoms. The third-order valence-electron chi connectivity index (χ3n) is 2.84. The zero-order valence-electron chi connectivity index (χ0n) is 10.0. The van der Waals surface area contributed by atoms with Gasteiger partial charge in [0.2, 0.25) is 0 Å². The summed E-state index contributed by atoms with van der Waals surface area (Å²) in [7, 11) is 0. The van der Waals surface area contributed by atoms with Gasteiger partial charge in [-0.2, -0.15) is 0 Å². The van der Waals surface area contributed by atoms with Crippen LogP contribution in [0.4, 0.5) is 0 Å². The van der Waals surface area contributed by atoms with Gasteiger partial charge in [-0.3, -0.25) is 0 Å². The van der Waals surface area contributed by atoms with Crippen molar-refractivity contribution in [2.24, 2.45) is 5.73 Å². The maximum atomic E-state index is 6.10. The molecule has 17 heavy (non-hydrogen) atoms. The van der Waals surface area contributed by atoms with Crippen LogP contribution in [0.1, 0.15) is 28.3 Å². The number of nitrogens with zero attached hydrogens (tertiary/aromatic N) is 1. The molecule has 3 N–H and O–H groups in total. The average molecular weight is 250 g/mol. The number of aryl methyl sites for hydroxylation is 2. The van der Waals surface area contributed by atoms with Crippen LogP contribution in [-0.4, -0.2) is 9.97 Å². The summed E-state index contributed by atoms with van der Waals surface area (Å²) in [5.74, 6) is 0.829. The van der Waals surface area contributed by atoms with Crippen molar-refractivity contribution < 1.29 is 0 Å². The lowest BCUT2D eigenvalue weighted by atomic mass is 10.1. The molecule has 0 bridgehead atoms. The van der Waals surface area contributed by atoms with E-state index in [2.05, 4.69) is 16.0 Å². The van der Waals surface area contributed by atoms with E-state index in [1.807, 2.05) is 26.0 Å². The van der Waals surface area contributed by atoms with Gasteiger partial charge < -0.3 is 10.7 Å². The molecule has 0 aliphatic carbocycles. The molecule has 1 heterocycles. The number of aromatic amines is 1. The van der Waals surface area contributed by atoms with Gasteiger partial charge >= 0.3 is 0 Å². The number of nitrogens with two attached hydrogens (primary N) is 1. The molecule has 0 saturated carbocycles. The first-order valence-corrected chi connectivity index (χ1v) is 5.97. The van der Waals surface area contributed by atoms with Crippen molar-refractivity contribution in [3.05, 3.63) is 51.6 Å². The van der Waals surface area contributed by atoms with Crippen molar-refractivity contribution >= 4 is 11.6 Å². The molecule has 0 unspecified atom stereocenters. The minimum absolute atomic E-state index is 0.440. The van der Waals surface area contributed by atoms with Crippen LogP contribution in [0, 0.1) is 13.8 Å². The van der Waals surface area contributed by atoms with Gasteiger partial charge in [0, 0.05) is 17.1 Å². The SMILES string of the molecule is Cc1ccc(Cc2nc(CN)[nH]c2C)cc1Cl.